The molecule has 3 amide bonds. The normalized spacial score (nSPS) is 13.9. The third-order valence-corrected chi connectivity index (χ3v) is 7.62. The minimum atomic E-state index is -3.35. The molecule has 0 radical (unpaired) electrons. The van der Waals surface area contributed by atoms with Crippen molar-refractivity contribution in [3.63, 3.8) is 0 Å². The number of nitrogens with two attached hydrogens (primary N) is 1. The number of hydrogen-bond donors (Lipinski definition) is 3. The highest BCUT2D eigenvalue weighted by atomic mass is 35.5. The highest BCUT2D eigenvalue weighted by Crippen LogP contribution is 2.26. The lowest BCUT2D eigenvalue weighted by Gasteiger charge is -2.38. The molecule has 3 aromatic carbocycles. The van der Waals surface area contributed by atoms with E-state index in [1.807, 2.05) is 31.2 Å². The number of likely N-dealkylation sites (tertiary alicyclic amines) is 1. The van der Waals surface area contributed by atoms with Gasteiger partial charge in [0.1, 0.15) is 23.1 Å². The molecule has 1 aliphatic heterocycles. The number of amides is 3. The van der Waals surface area contributed by atoms with Crippen molar-refractivity contribution in [3.8, 4) is 11.5 Å². The molecule has 4 N–H and O–H groups in total. The van der Waals surface area contributed by atoms with Crippen LogP contribution in [-0.4, -0.2) is 62.1 Å². The maximum atomic E-state index is 14.3. The highest BCUT2D eigenvalue weighted by Gasteiger charge is 2.28. The number of primary amides is 1. The standard InChI is InChI=1S/C30H35F2N5O5S.ClH/c1-3-14-37(30(39)34-28-17-25(29(33)38)26(31)18-27(28)32)22-12-15-36(16-13-22)19-20-4-8-23(9-5-20)42-24-10-6-21(7-11-24)35-43(2,40)41;/h4-11,17-18,22,35H,3,12-16,19H2,1-2H3,(H2,33,38)(H,34,39);1H. The van der Waals surface area contributed by atoms with Crippen molar-refractivity contribution >= 4 is 45.7 Å². The molecule has 14 heteroatoms. The Morgan fingerprint density at radius 3 is 2.14 bits per heavy atom. The van der Waals surface area contributed by atoms with E-state index < -0.39 is 39.2 Å². The van der Waals surface area contributed by atoms with Crippen molar-refractivity contribution in [2.45, 2.75) is 38.8 Å². The zero-order chi connectivity index (χ0) is 31.1. The van der Waals surface area contributed by atoms with E-state index in [-0.39, 0.29) is 24.1 Å². The van der Waals surface area contributed by atoms with Crippen LogP contribution in [-0.2, 0) is 16.6 Å². The summed E-state index contributed by atoms with van der Waals surface area (Å²) >= 11 is 0. The molecule has 238 valence electrons. The summed E-state index contributed by atoms with van der Waals surface area (Å²) in [6, 6.07) is 15.2. The monoisotopic (exact) mass is 651 g/mol. The number of rotatable bonds is 11. The van der Waals surface area contributed by atoms with Crippen LogP contribution in [0.5, 0.6) is 11.5 Å². The lowest BCUT2D eigenvalue weighted by atomic mass is 10.0. The first-order valence-corrected chi connectivity index (χ1v) is 15.7. The van der Waals surface area contributed by atoms with Crippen LogP contribution in [0.25, 0.3) is 0 Å². The number of nitrogens with one attached hydrogen (secondary N) is 2. The van der Waals surface area contributed by atoms with Gasteiger partial charge in [-0.2, -0.15) is 0 Å². The number of ether oxygens (including phenoxy) is 1. The van der Waals surface area contributed by atoms with Gasteiger partial charge in [-0.1, -0.05) is 19.1 Å². The van der Waals surface area contributed by atoms with Gasteiger partial charge >= 0.3 is 6.03 Å². The molecular weight excluding hydrogens is 616 g/mol. The SMILES string of the molecule is CCCN(C(=O)Nc1cc(C(N)=O)c(F)cc1F)C1CCN(Cc2ccc(Oc3ccc(NS(C)(=O)=O)cc3)cc2)CC1.Cl. The summed E-state index contributed by atoms with van der Waals surface area (Å²) in [5, 5.41) is 2.48. The molecule has 0 atom stereocenters. The Kier molecular flexibility index (Phi) is 11.9. The van der Waals surface area contributed by atoms with Crippen LogP contribution in [0.3, 0.4) is 0 Å². The molecule has 1 fully saturated rings. The Morgan fingerprint density at radius 2 is 1.59 bits per heavy atom. The lowest BCUT2D eigenvalue weighted by molar-refractivity contribution is 0.0996. The molecule has 0 aliphatic carbocycles. The summed E-state index contributed by atoms with van der Waals surface area (Å²) in [7, 11) is -3.35. The minimum Gasteiger partial charge on any atom is -0.457 e. The molecule has 0 aromatic heterocycles. The Labute approximate surface area is 262 Å². The minimum absolute atomic E-state index is 0. The maximum absolute atomic E-state index is 14.3. The van der Waals surface area contributed by atoms with Gasteiger partial charge in [0.05, 0.1) is 17.5 Å². The van der Waals surface area contributed by atoms with Gasteiger partial charge in [0.2, 0.25) is 10.0 Å². The molecule has 1 aliphatic rings. The summed E-state index contributed by atoms with van der Waals surface area (Å²) in [6.45, 7) is 4.62. The number of halogens is 3. The summed E-state index contributed by atoms with van der Waals surface area (Å²) in [5.74, 6) is -1.90. The first-order valence-electron chi connectivity index (χ1n) is 13.9. The van der Waals surface area contributed by atoms with E-state index in [2.05, 4.69) is 14.9 Å². The van der Waals surface area contributed by atoms with Crippen molar-refractivity contribution in [2.75, 3.05) is 35.9 Å². The van der Waals surface area contributed by atoms with Gasteiger partial charge < -0.3 is 20.7 Å². The van der Waals surface area contributed by atoms with Gasteiger partial charge in [-0.15, -0.1) is 12.4 Å². The van der Waals surface area contributed by atoms with E-state index in [9.17, 15) is 26.8 Å². The largest absolute Gasteiger partial charge is 0.457 e. The zero-order valence-corrected chi connectivity index (χ0v) is 26.0. The second-order valence-corrected chi connectivity index (χ2v) is 12.2. The van der Waals surface area contributed by atoms with Crippen LogP contribution in [0.15, 0.2) is 60.7 Å². The predicted octanol–water partition coefficient (Wildman–Crippen LogP) is 5.56. The van der Waals surface area contributed by atoms with Crippen molar-refractivity contribution in [1.29, 1.82) is 0 Å². The van der Waals surface area contributed by atoms with Gasteiger partial charge in [0, 0.05) is 44.0 Å². The smallest absolute Gasteiger partial charge is 0.322 e. The number of benzene rings is 3. The fourth-order valence-corrected chi connectivity index (χ4v) is 5.53. The number of urea groups is 1. The second kappa shape index (κ2) is 15.2. The third kappa shape index (κ3) is 9.53. The molecule has 1 saturated heterocycles. The van der Waals surface area contributed by atoms with Gasteiger partial charge in [-0.3, -0.25) is 14.4 Å². The Hall–Kier alpha value is -3.94. The van der Waals surface area contributed by atoms with Crippen LogP contribution in [0.4, 0.5) is 25.0 Å². The molecule has 4 rings (SSSR count). The molecule has 0 saturated carbocycles. The molecule has 10 nitrogen and oxygen atoms in total. The number of anilines is 2. The predicted molar refractivity (Wildman–Crippen MR) is 168 cm³/mol. The van der Waals surface area contributed by atoms with Crippen molar-refractivity contribution in [2.24, 2.45) is 5.73 Å². The number of carbonyl (C=O) groups excluding carboxylic acids is 2. The number of sulfonamides is 1. The van der Waals surface area contributed by atoms with E-state index in [0.29, 0.717) is 36.2 Å². The second-order valence-electron chi connectivity index (χ2n) is 10.5. The van der Waals surface area contributed by atoms with E-state index in [1.165, 1.54) is 0 Å². The average Bonchev–Trinajstić information content (AvgIpc) is 2.95. The van der Waals surface area contributed by atoms with E-state index in [1.54, 1.807) is 29.2 Å². The Balaban J connectivity index is 0.00000529. The molecule has 44 heavy (non-hydrogen) atoms. The fraction of sp³-hybridized carbons (Fsp3) is 0.333. The number of carbonyl (C=O) groups is 2. The van der Waals surface area contributed by atoms with Crippen LogP contribution in [0.2, 0.25) is 0 Å². The summed E-state index contributed by atoms with van der Waals surface area (Å²) in [6.07, 6.45) is 3.22. The quantitative estimate of drug-likeness (QED) is 0.249. The Bertz CT molecular complexity index is 1550. The maximum Gasteiger partial charge on any atom is 0.322 e. The number of hydrogen-bond acceptors (Lipinski definition) is 6. The summed E-state index contributed by atoms with van der Waals surface area (Å²) in [5.41, 5.74) is 5.92. The first-order chi connectivity index (χ1) is 20.4. The van der Waals surface area contributed by atoms with Crippen molar-refractivity contribution < 1.29 is 31.5 Å². The first kappa shape index (κ1) is 34.5. The van der Waals surface area contributed by atoms with Gasteiger partial charge in [-0.25, -0.2) is 22.0 Å². The number of piperidine rings is 1. The van der Waals surface area contributed by atoms with Gasteiger partial charge in [0.15, 0.2) is 0 Å². The average molecular weight is 652 g/mol. The van der Waals surface area contributed by atoms with E-state index in [4.69, 9.17) is 10.5 Å². The highest BCUT2D eigenvalue weighted by molar-refractivity contribution is 7.92. The zero-order valence-electron chi connectivity index (χ0n) is 24.4. The molecule has 0 unspecified atom stereocenters. The molecule has 0 bridgehead atoms. The van der Waals surface area contributed by atoms with Crippen LogP contribution in [0.1, 0.15) is 42.1 Å². The Morgan fingerprint density at radius 1 is 1.00 bits per heavy atom. The molecule has 3 aromatic rings. The molecule has 0 spiro atoms. The van der Waals surface area contributed by atoms with Gasteiger partial charge in [-0.05, 0) is 67.3 Å². The van der Waals surface area contributed by atoms with E-state index >= 15 is 0 Å². The third-order valence-electron chi connectivity index (χ3n) is 7.01. The van der Waals surface area contributed by atoms with Crippen molar-refractivity contribution in [3.05, 3.63) is 83.4 Å². The topological polar surface area (TPSA) is 134 Å². The van der Waals surface area contributed by atoms with E-state index in [0.717, 1.165) is 50.4 Å². The van der Waals surface area contributed by atoms with Crippen LogP contribution < -0.4 is 20.5 Å². The number of nitrogens with zero attached hydrogens (tertiary/aromatic N) is 2. The van der Waals surface area contributed by atoms with Crippen molar-refractivity contribution in [1.82, 2.24) is 9.80 Å². The summed E-state index contributed by atoms with van der Waals surface area (Å²) in [4.78, 5) is 28.5. The molecule has 1 heterocycles. The lowest BCUT2D eigenvalue weighted by Crippen LogP contribution is -2.49. The molecular formula is C30H36ClF2N5O5S. The van der Waals surface area contributed by atoms with Crippen LogP contribution in [0, 0.1) is 11.6 Å². The summed E-state index contributed by atoms with van der Waals surface area (Å²) < 4.78 is 59.2. The fourth-order valence-electron chi connectivity index (χ4n) is 4.96. The van der Waals surface area contributed by atoms with Gasteiger partial charge in [0.25, 0.3) is 5.91 Å². The van der Waals surface area contributed by atoms with Crippen LogP contribution >= 0.6 is 12.4 Å².